The molecule has 0 saturated heterocycles. The third-order valence-electron chi connectivity index (χ3n) is 7.01. The zero-order valence-corrected chi connectivity index (χ0v) is 14.1. The van der Waals surface area contributed by atoms with Gasteiger partial charge in [0.25, 0.3) is 0 Å². The van der Waals surface area contributed by atoms with Gasteiger partial charge in [0.15, 0.2) is 0 Å². The number of aromatic nitrogens is 1. The lowest BCUT2D eigenvalue weighted by Gasteiger charge is -2.57. The van der Waals surface area contributed by atoms with E-state index in [0.29, 0.717) is 0 Å². The molecule has 120 valence electrons. The first-order chi connectivity index (χ1) is 10.7. The van der Waals surface area contributed by atoms with Gasteiger partial charge in [-0.05, 0) is 105 Å². The molecule has 1 heteroatoms. The summed E-state index contributed by atoms with van der Waals surface area (Å²) in [4.78, 5) is 4.11. The molecule has 4 bridgehead atoms. The highest BCUT2D eigenvalue weighted by molar-refractivity contribution is 5.09. The molecule has 1 heterocycles. The lowest BCUT2D eigenvalue weighted by atomic mass is 9.48. The maximum atomic E-state index is 4.11. The van der Waals surface area contributed by atoms with E-state index in [1.165, 1.54) is 31.2 Å². The molecule has 4 aliphatic rings. The molecule has 0 aromatic carbocycles. The van der Waals surface area contributed by atoms with Gasteiger partial charge in [-0.3, -0.25) is 4.98 Å². The van der Waals surface area contributed by atoms with Crippen molar-refractivity contribution in [2.45, 2.75) is 71.1 Å². The summed E-state index contributed by atoms with van der Waals surface area (Å²) >= 11 is 0. The highest BCUT2D eigenvalue weighted by Crippen LogP contribution is 2.61. The summed E-state index contributed by atoms with van der Waals surface area (Å²) in [5.74, 6) is 4.20. The van der Waals surface area contributed by atoms with E-state index in [1.54, 1.807) is 38.5 Å². The molecule has 0 spiro atoms. The van der Waals surface area contributed by atoms with Crippen molar-refractivity contribution in [1.29, 1.82) is 0 Å². The average molecular weight is 297 g/mol. The topological polar surface area (TPSA) is 12.9 Å². The van der Waals surface area contributed by atoms with Crippen LogP contribution in [-0.2, 0) is 6.42 Å². The fourth-order valence-corrected chi connectivity index (χ4v) is 6.26. The van der Waals surface area contributed by atoms with Gasteiger partial charge in [0.2, 0.25) is 0 Å². The van der Waals surface area contributed by atoms with Gasteiger partial charge < -0.3 is 0 Å². The summed E-state index contributed by atoms with van der Waals surface area (Å²) in [5.41, 5.74) is 2.23. The van der Waals surface area contributed by atoms with Crippen molar-refractivity contribution in [3.8, 4) is 0 Å². The fraction of sp³-hybridized carbons (Fsp3) is 0.762. The van der Waals surface area contributed by atoms with Gasteiger partial charge in [0.1, 0.15) is 0 Å². The van der Waals surface area contributed by atoms with E-state index in [9.17, 15) is 0 Å². The first-order valence-corrected chi connectivity index (χ1v) is 9.60. The molecule has 0 aliphatic heterocycles. The van der Waals surface area contributed by atoms with Crippen LogP contribution in [0, 0.1) is 29.1 Å². The largest absolute Gasteiger partial charge is 0.265 e. The summed E-state index contributed by atoms with van der Waals surface area (Å²) in [7, 11) is 0. The standard InChI is InChI=1S/C21H31N/c1-16(2-3-17-5-8-22-9-6-17)4-7-21-13-18-10-19(14-21)12-20(11-18)15-21/h5-6,8-9,16,18-20H,2-4,7,10-15H2,1H3. The summed E-state index contributed by atoms with van der Waals surface area (Å²) in [5, 5.41) is 0. The van der Waals surface area contributed by atoms with E-state index in [2.05, 4.69) is 24.0 Å². The van der Waals surface area contributed by atoms with Crippen LogP contribution in [0.15, 0.2) is 24.5 Å². The summed E-state index contributed by atoms with van der Waals surface area (Å²) in [6, 6.07) is 4.34. The van der Waals surface area contributed by atoms with Crippen molar-refractivity contribution in [1.82, 2.24) is 4.98 Å². The van der Waals surface area contributed by atoms with E-state index < -0.39 is 0 Å². The Morgan fingerprint density at radius 1 is 1.00 bits per heavy atom. The highest BCUT2D eigenvalue weighted by Gasteiger charge is 2.50. The van der Waals surface area contributed by atoms with Gasteiger partial charge in [-0.2, -0.15) is 0 Å². The molecule has 5 rings (SSSR count). The number of nitrogens with zero attached hydrogens (tertiary/aromatic N) is 1. The van der Waals surface area contributed by atoms with Crippen LogP contribution in [0.3, 0.4) is 0 Å². The molecule has 0 N–H and O–H groups in total. The Morgan fingerprint density at radius 3 is 2.18 bits per heavy atom. The van der Waals surface area contributed by atoms with E-state index in [-0.39, 0.29) is 0 Å². The average Bonchev–Trinajstić information content (AvgIpc) is 2.51. The third kappa shape index (κ3) is 3.09. The molecule has 1 aromatic heterocycles. The predicted molar refractivity (Wildman–Crippen MR) is 91.6 cm³/mol. The molecular weight excluding hydrogens is 266 g/mol. The monoisotopic (exact) mass is 297 g/mol. The quantitative estimate of drug-likeness (QED) is 0.661. The molecular formula is C21H31N. The van der Waals surface area contributed by atoms with Crippen LogP contribution in [-0.4, -0.2) is 4.98 Å². The number of aryl methyl sites for hydroxylation is 1. The van der Waals surface area contributed by atoms with Crippen LogP contribution >= 0.6 is 0 Å². The Balaban J connectivity index is 1.27. The SMILES string of the molecule is CC(CCc1ccncc1)CCC12CC3CC(CC(C3)C1)C2. The zero-order chi connectivity index (χ0) is 15.0. The Bertz CT molecular complexity index is 457. The van der Waals surface area contributed by atoms with Gasteiger partial charge in [-0.25, -0.2) is 0 Å². The molecule has 1 unspecified atom stereocenters. The predicted octanol–water partition coefficient (Wildman–Crippen LogP) is 5.65. The van der Waals surface area contributed by atoms with Crippen molar-refractivity contribution in [3.63, 3.8) is 0 Å². The molecule has 0 radical (unpaired) electrons. The Morgan fingerprint density at radius 2 is 1.59 bits per heavy atom. The van der Waals surface area contributed by atoms with E-state index >= 15 is 0 Å². The van der Waals surface area contributed by atoms with Crippen LogP contribution < -0.4 is 0 Å². The molecule has 4 fully saturated rings. The van der Waals surface area contributed by atoms with Crippen molar-refractivity contribution in [2.75, 3.05) is 0 Å². The maximum Gasteiger partial charge on any atom is 0.0270 e. The second-order valence-electron chi connectivity index (χ2n) is 8.96. The lowest BCUT2D eigenvalue weighted by molar-refractivity contribution is -0.0598. The maximum absolute atomic E-state index is 4.11. The smallest absolute Gasteiger partial charge is 0.0270 e. The number of hydrogen-bond donors (Lipinski definition) is 0. The minimum atomic E-state index is 0.777. The Kier molecular flexibility index (Phi) is 4.00. The van der Waals surface area contributed by atoms with Crippen LogP contribution in [0.1, 0.15) is 70.3 Å². The van der Waals surface area contributed by atoms with Gasteiger partial charge in [0, 0.05) is 12.4 Å². The minimum Gasteiger partial charge on any atom is -0.265 e. The summed E-state index contributed by atoms with van der Waals surface area (Å²) in [6.45, 7) is 2.47. The number of hydrogen-bond acceptors (Lipinski definition) is 1. The second-order valence-corrected chi connectivity index (χ2v) is 8.96. The summed E-state index contributed by atoms with van der Waals surface area (Å²) in [6.07, 6.45) is 18.9. The first kappa shape index (κ1) is 14.7. The van der Waals surface area contributed by atoms with E-state index in [1.807, 2.05) is 12.4 Å². The summed E-state index contributed by atoms with van der Waals surface area (Å²) < 4.78 is 0. The van der Waals surface area contributed by atoms with Crippen LogP contribution in [0.25, 0.3) is 0 Å². The van der Waals surface area contributed by atoms with Gasteiger partial charge in [0.05, 0.1) is 0 Å². The zero-order valence-electron chi connectivity index (χ0n) is 14.1. The van der Waals surface area contributed by atoms with Crippen LogP contribution in [0.4, 0.5) is 0 Å². The van der Waals surface area contributed by atoms with Crippen molar-refractivity contribution >= 4 is 0 Å². The molecule has 4 saturated carbocycles. The van der Waals surface area contributed by atoms with Crippen molar-refractivity contribution < 1.29 is 0 Å². The molecule has 1 nitrogen and oxygen atoms in total. The van der Waals surface area contributed by atoms with Crippen molar-refractivity contribution in [2.24, 2.45) is 29.1 Å². The van der Waals surface area contributed by atoms with Crippen LogP contribution in [0.5, 0.6) is 0 Å². The third-order valence-corrected chi connectivity index (χ3v) is 7.01. The minimum absolute atomic E-state index is 0.777. The van der Waals surface area contributed by atoms with Gasteiger partial charge in [-0.1, -0.05) is 13.3 Å². The number of rotatable bonds is 6. The number of pyridine rings is 1. The molecule has 4 aliphatic carbocycles. The molecule has 22 heavy (non-hydrogen) atoms. The Hall–Kier alpha value is -0.850. The van der Waals surface area contributed by atoms with Crippen LogP contribution in [0.2, 0.25) is 0 Å². The fourth-order valence-electron chi connectivity index (χ4n) is 6.26. The Labute approximate surface area is 135 Å². The lowest BCUT2D eigenvalue weighted by Crippen LogP contribution is -2.46. The van der Waals surface area contributed by atoms with Gasteiger partial charge >= 0.3 is 0 Å². The first-order valence-electron chi connectivity index (χ1n) is 9.60. The van der Waals surface area contributed by atoms with E-state index in [0.717, 1.165) is 29.1 Å². The molecule has 0 amide bonds. The molecule has 1 aromatic rings. The van der Waals surface area contributed by atoms with E-state index in [4.69, 9.17) is 0 Å². The second kappa shape index (κ2) is 5.98. The van der Waals surface area contributed by atoms with Crippen molar-refractivity contribution in [3.05, 3.63) is 30.1 Å². The molecule has 1 atom stereocenters. The highest BCUT2D eigenvalue weighted by atomic mass is 14.6. The normalized spacial score (nSPS) is 37.4. The van der Waals surface area contributed by atoms with Gasteiger partial charge in [-0.15, -0.1) is 0 Å².